The molecule has 0 spiro atoms. The number of halogens is 1. The van der Waals surface area contributed by atoms with Gasteiger partial charge in [0.1, 0.15) is 0 Å². The van der Waals surface area contributed by atoms with Crippen molar-refractivity contribution in [3.05, 3.63) is 82.6 Å². The highest BCUT2D eigenvalue weighted by atomic mass is 35.5. The highest BCUT2D eigenvalue weighted by Crippen LogP contribution is 2.19. The van der Waals surface area contributed by atoms with Crippen LogP contribution in [0.15, 0.2) is 60.9 Å². The van der Waals surface area contributed by atoms with Gasteiger partial charge in [-0.3, -0.25) is 0 Å². The minimum Gasteiger partial charge on any atom is -0.392 e. The van der Waals surface area contributed by atoms with Crippen molar-refractivity contribution in [1.82, 2.24) is 9.78 Å². The molecule has 0 aliphatic rings. The van der Waals surface area contributed by atoms with E-state index in [-0.39, 0.29) is 6.61 Å². The number of rotatable bonds is 6. The monoisotopic (exact) mass is 328 g/mol. The van der Waals surface area contributed by atoms with Crippen LogP contribution in [0.25, 0.3) is 5.69 Å². The third-order valence-electron chi connectivity index (χ3n) is 3.41. The van der Waals surface area contributed by atoms with Crippen molar-refractivity contribution in [3.63, 3.8) is 0 Å². The maximum atomic E-state index is 9.13. The molecule has 0 aliphatic heterocycles. The lowest BCUT2D eigenvalue weighted by atomic mass is 10.2. The van der Waals surface area contributed by atoms with Gasteiger partial charge in [-0.15, -0.1) is 0 Å². The summed E-state index contributed by atoms with van der Waals surface area (Å²) >= 11 is 6.19. The quantitative estimate of drug-likeness (QED) is 0.750. The number of benzene rings is 2. The van der Waals surface area contributed by atoms with Gasteiger partial charge in [-0.05, 0) is 29.3 Å². The van der Waals surface area contributed by atoms with Gasteiger partial charge in [0.05, 0.1) is 31.7 Å². The summed E-state index contributed by atoms with van der Waals surface area (Å²) < 4.78 is 7.44. The number of hydrogen-bond acceptors (Lipinski definition) is 3. The number of aliphatic hydroxyl groups excluding tert-OH is 1. The van der Waals surface area contributed by atoms with E-state index in [0.29, 0.717) is 18.2 Å². The van der Waals surface area contributed by atoms with Crippen LogP contribution in [0.5, 0.6) is 0 Å². The van der Waals surface area contributed by atoms with E-state index in [1.54, 1.807) is 17.1 Å². The summed E-state index contributed by atoms with van der Waals surface area (Å²) in [5, 5.41) is 14.0. The molecule has 118 valence electrons. The second kappa shape index (κ2) is 7.42. The molecule has 3 aromatic rings. The predicted octanol–water partition coefficient (Wildman–Crippen LogP) is 3.73. The van der Waals surface area contributed by atoms with Gasteiger partial charge in [-0.2, -0.15) is 5.10 Å². The predicted molar refractivity (Wildman–Crippen MR) is 89.4 cm³/mol. The van der Waals surface area contributed by atoms with Crippen molar-refractivity contribution in [2.75, 3.05) is 0 Å². The third-order valence-corrected chi connectivity index (χ3v) is 3.62. The van der Waals surface area contributed by atoms with Crippen molar-refractivity contribution < 1.29 is 9.84 Å². The van der Waals surface area contributed by atoms with E-state index in [0.717, 1.165) is 22.4 Å². The zero-order valence-electron chi connectivity index (χ0n) is 12.5. The van der Waals surface area contributed by atoms with Gasteiger partial charge < -0.3 is 9.84 Å². The number of ether oxygens (including phenoxy) is 1. The Hall–Kier alpha value is -2.14. The number of aromatic nitrogens is 2. The van der Waals surface area contributed by atoms with Crippen molar-refractivity contribution in [2.24, 2.45) is 0 Å². The second-order valence-corrected chi connectivity index (χ2v) is 5.68. The van der Waals surface area contributed by atoms with Crippen LogP contribution in [0.2, 0.25) is 5.02 Å². The first-order valence-electron chi connectivity index (χ1n) is 7.30. The minimum atomic E-state index is -0.0341. The van der Waals surface area contributed by atoms with Crippen LogP contribution in [0.1, 0.15) is 16.7 Å². The zero-order valence-corrected chi connectivity index (χ0v) is 13.3. The first-order chi connectivity index (χ1) is 11.2. The Morgan fingerprint density at radius 1 is 1.00 bits per heavy atom. The van der Waals surface area contributed by atoms with Gasteiger partial charge in [0.25, 0.3) is 0 Å². The molecule has 1 N–H and O–H groups in total. The molecule has 1 aromatic heterocycles. The van der Waals surface area contributed by atoms with Crippen LogP contribution in [0.4, 0.5) is 0 Å². The summed E-state index contributed by atoms with van der Waals surface area (Å²) in [5.74, 6) is 0. The summed E-state index contributed by atoms with van der Waals surface area (Å²) in [6.07, 6.45) is 3.41. The van der Waals surface area contributed by atoms with Crippen molar-refractivity contribution in [1.29, 1.82) is 0 Å². The van der Waals surface area contributed by atoms with E-state index in [4.69, 9.17) is 21.4 Å². The SMILES string of the molecule is OCc1cnn(-c2cc(Cl)cc(COCc3ccccc3)c2)c1. The van der Waals surface area contributed by atoms with Gasteiger partial charge in [-0.1, -0.05) is 41.9 Å². The minimum absolute atomic E-state index is 0.0341. The molecular formula is C18H17ClN2O2. The maximum absolute atomic E-state index is 9.13. The zero-order chi connectivity index (χ0) is 16.1. The molecule has 0 saturated carbocycles. The lowest BCUT2D eigenvalue weighted by molar-refractivity contribution is 0.107. The Bertz CT molecular complexity index is 772. The highest BCUT2D eigenvalue weighted by Gasteiger charge is 2.05. The topological polar surface area (TPSA) is 47.3 Å². The molecule has 1 heterocycles. The molecule has 0 bridgehead atoms. The van der Waals surface area contributed by atoms with E-state index < -0.39 is 0 Å². The van der Waals surface area contributed by atoms with E-state index in [9.17, 15) is 0 Å². The molecule has 0 fully saturated rings. The first-order valence-corrected chi connectivity index (χ1v) is 7.68. The highest BCUT2D eigenvalue weighted by molar-refractivity contribution is 6.30. The second-order valence-electron chi connectivity index (χ2n) is 5.25. The Labute approximate surface area is 139 Å². The molecule has 0 radical (unpaired) electrons. The summed E-state index contributed by atoms with van der Waals surface area (Å²) in [5.41, 5.74) is 3.71. The number of aliphatic hydroxyl groups is 1. The van der Waals surface area contributed by atoms with Gasteiger partial charge >= 0.3 is 0 Å². The van der Waals surface area contributed by atoms with E-state index in [1.165, 1.54) is 0 Å². The molecule has 5 heteroatoms. The largest absolute Gasteiger partial charge is 0.392 e. The Morgan fingerprint density at radius 2 is 1.78 bits per heavy atom. The molecule has 3 rings (SSSR count). The average molecular weight is 329 g/mol. The smallest absolute Gasteiger partial charge is 0.0722 e. The van der Waals surface area contributed by atoms with Crippen LogP contribution in [0.3, 0.4) is 0 Å². The summed E-state index contributed by atoms with van der Waals surface area (Å²) in [6.45, 7) is 0.989. The van der Waals surface area contributed by atoms with Gasteiger partial charge in [0, 0.05) is 16.8 Å². The summed E-state index contributed by atoms with van der Waals surface area (Å²) in [4.78, 5) is 0. The lowest BCUT2D eigenvalue weighted by Crippen LogP contribution is -1.98. The fourth-order valence-electron chi connectivity index (χ4n) is 2.29. The third kappa shape index (κ3) is 4.20. The van der Waals surface area contributed by atoms with Crippen LogP contribution < -0.4 is 0 Å². The molecule has 23 heavy (non-hydrogen) atoms. The normalized spacial score (nSPS) is 10.9. The molecule has 0 saturated heterocycles. The molecular weight excluding hydrogens is 312 g/mol. The van der Waals surface area contributed by atoms with Gasteiger partial charge in [0.2, 0.25) is 0 Å². The average Bonchev–Trinajstić information content (AvgIpc) is 3.04. The van der Waals surface area contributed by atoms with E-state index in [1.807, 2.05) is 48.5 Å². The van der Waals surface area contributed by atoms with Crippen LogP contribution in [-0.2, 0) is 24.6 Å². The molecule has 0 amide bonds. The first kappa shape index (κ1) is 15.7. The van der Waals surface area contributed by atoms with Crippen molar-refractivity contribution >= 4 is 11.6 Å². The fraction of sp³-hybridized carbons (Fsp3) is 0.167. The van der Waals surface area contributed by atoms with Crippen LogP contribution in [-0.4, -0.2) is 14.9 Å². The van der Waals surface area contributed by atoms with Gasteiger partial charge in [0.15, 0.2) is 0 Å². The van der Waals surface area contributed by atoms with Crippen molar-refractivity contribution in [3.8, 4) is 5.69 Å². The number of nitrogens with zero attached hydrogens (tertiary/aromatic N) is 2. The van der Waals surface area contributed by atoms with E-state index >= 15 is 0 Å². The molecule has 0 unspecified atom stereocenters. The molecule has 2 aromatic carbocycles. The summed E-state index contributed by atoms with van der Waals surface area (Å²) in [7, 11) is 0. The Balaban J connectivity index is 1.70. The van der Waals surface area contributed by atoms with Crippen LogP contribution in [0, 0.1) is 0 Å². The summed E-state index contributed by atoms with van der Waals surface area (Å²) in [6, 6.07) is 15.7. The maximum Gasteiger partial charge on any atom is 0.0722 e. The Morgan fingerprint density at radius 3 is 2.52 bits per heavy atom. The van der Waals surface area contributed by atoms with Crippen LogP contribution >= 0.6 is 11.6 Å². The molecule has 4 nitrogen and oxygen atoms in total. The van der Waals surface area contributed by atoms with E-state index in [2.05, 4.69) is 5.10 Å². The van der Waals surface area contributed by atoms with Gasteiger partial charge in [-0.25, -0.2) is 4.68 Å². The number of hydrogen-bond donors (Lipinski definition) is 1. The fourth-order valence-corrected chi connectivity index (χ4v) is 2.54. The molecule has 0 atom stereocenters. The standard InChI is InChI=1S/C18H17ClN2O2/c19-17-6-15(13-23-12-14-4-2-1-3-5-14)7-18(8-17)21-10-16(11-22)9-20-21/h1-10,22H,11-13H2. The van der Waals surface area contributed by atoms with Crippen molar-refractivity contribution in [2.45, 2.75) is 19.8 Å². The molecule has 0 aliphatic carbocycles. The Kier molecular flexibility index (Phi) is 5.08. The lowest BCUT2D eigenvalue weighted by Gasteiger charge is -2.08.